The van der Waals surface area contributed by atoms with E-state index in [4.69, 9.17) is 5.11 Å². The maximum absolute atomic E-state index is 12.4. The Morgan fingerprint density at radius 1 is 1.20 bits per heavy atom. The summed E-state index contributed by atoms with van der Waals surface area (Å²) in [6, 6.07) is 7.58. The Balaban J connectivity index is 1.53. The first-order chi connectivity index (χ1) is 9.65. The van der Waals surface area contributed by atoms with E-state index in [-0.39, 0.29) is 23.7 Å². The third kappa shape index (κ3) is 1.56. The second-order valence-corrected chi connectivity index (χ2v) is 5.68. The summed E-state index contributed by atoms with van der Waals surface area (Å²) < 4.78 is 0. The van der Waals surface area contributed by atoms with Crippen molar-refractivity contribution < 1.29 is 14.7 Å². The number of H-pyrrole nitrogens is 1. The number of hydrogen-bond acceptors (Lipinski definition) is 2. The highest BCUT2D eigenvalue weighted by Gasteiger charge is 2.60. The van der Waals surface area contributed by atoms with E-state index in [2.05, 4.69) is 4.98 Å². The van der Waals surface area contributed by atoms with Crippen LogP contribution >= 0.6 is 0 Å². The third-order valence-electron chi connectivity index (χ3n) is 4.57. The number of rotatable bonds is 2. The molecule has 5 nitrogen and oxygen atoms in total. The van der Waals surface area contributed by atoms with E-state index in [1.54, 1.807) is 4.90 Å². The number of nitrogens with one attached hydrogen (secondary N) is 1. The van der Waals surface area contributed by atoms with Gasteiger partial charge in [-0.15, -0.1) is 0 Å². The molecule has 2 aliphatic rings. The number of benzene rings is 1. The maximum atomic E-state index is 12.4. The molecule has 1 amide bonds. The van der Waals surface area contributed by atoms with Crippen LogP contribution in [0.5, 0.6) is 0 Å². The summed E-state index contributed by atoms with van der Waals surface area (Å²) >= 11 is 0. The summed E-state index contributed by atoms with van der Waals surface area (Å²) in [5.74, 6) is -0.640. The van der Waals surface area contributed by atoms with E-state index in [1.165, 1.54) is 0 Å². The average Bonchev–Trinajstić information content (AvgIpc) is 2.82. The van der Waals surface area contributed by atoms with E-state index < -0.39 is 5.97 Å². The minimum Gasteiger partial charge on any atom is -0.481 e. The topological polar surface area (TPSA) is 73.4 Å². The number of piperidine rings is 1. The standard InChI is InChI=1S/C15H14N2O3/c18-14(9-2-1-8-3-4-16-12(8)5-9)17-6-10-11(7-17)13(10)15(19)20/h1-5,10-11,13,16H,6-7H2,(H,19,20)/t10-,11+,13?. The van der Waals surface area contributed by atoms with Crippen molar-refractivity contribution in [2.45, 2.75) is 0 Å². The first-order valence-electron chi connectivity index (χ1n) is 6.74. The van der Waals surface area contributed by atoms with Gasteiger partial charge in [-0.25, -0.2) is 0 Å². The van der Waals surface area contributed by atoms with Crippen LogP contribution in [0.25, 0.3) is 10.9 Å². The molecule has 1 saturated carbocycles. The van der Waals surface area contributed by atoms with Gasteiger partial charge in [0.2, 0.25) is 0 Å². The Bertz CT molecular complexity index is 709. The number of aliphatic carboxylic acids is 1. The van der Waals surface area contributed by atoms with Crippen LogP contribution in [-0.4, -0.2) is 40.0 Å². The lowest BCUT2D eigenvalue weighted by atomic mass is 10.1. The van der Waals surface area contributed by atoms with Gasteiger partial charge in [0.25, 0.3) is 5.91 Å². The normalized spacial score (nSPS) is 27.6. The quantitative estimate of drug-likeness (QED) is 0.870. The van der Waals surface area contributed by atoms with Gasteiger partial charge >= 0.3 is 5.97 Å². The highest BCUT2D eigenvalue weighted by atomic mass is 16.4. The van der Waals surface area contributed by atoms with Crippen molar-refractivity contribution in [1.82, 2.24) is 9.88 Å². The second-order valence-electron chi connectivity index (χ2n) is 5.68. The molecule has 1 saturated heterocycles. The van der Waals surface area contributed by atoms with Crippen LogP contribution in [0.4, 0.5) is 0 Å². The lowest BCUT2D eigenvalue weighted by Gasteiger charge is -2.19. The molecule has 20 heavy (non-hydrogen) atoms. The van der Waals surface area contributed by atoms with Crippen molar-refractivity contribution in [2.75, 3.05) is 13.1 Å². The number of aromatic nitrogens is 1. The fourth-order valence-electron chi connectivity index (χ4n) is 3.42. The van der Waals surface area contributed by atoms with Gasteiger partial charge in [-0.05, 0) is 35.4 Å². The number of carbonyl (C=O) groups is 2. The fraction of sp³-hybridized carbons (Fsp3) is 0.333. The monoisotopic (exact) mass is 270 g/mol. The highest BCUT2D eigenvalue weighted by Crippen LogP contribution is 2.51. The van der Waals surface area contributed by atoms with Gasteiger partial charge in [0, 0.05) is 30.4 Å². The molecule has 0 spiro atoms. The second kappa shape index (κ2) is 3.85. The molecule has 0 bridgehead atoms. The zero-order valence-corrected chi connectivity index (χ0v) is 10.7. The Morgan fingerprint density at radius 2 is 1.95 bits per heavy atom. The van der Waals surface area contributed by atoms with E-state index in [1.807, 2.05) is 30.5 Å². The van der Waals surface area contributed by atoms with Gasteiger partial charge in [-0.3, -0.25) is 9.59 Å². The van der Waals surface area contributed by atoms with Crippen molar-refractivity contribution in [3.63, 3.8) is 0 Å². The minimum atomic E-state index is -0.722. The van der Waals surface area contributed by atoms with Crippen LogP contribution in [0.15, 0.2) is 30.5 Å². The summed E-state index contributed by atoms with van der Waals surface area (Å²) in [5.41, 5.74) is 1.61. The van der Waals surface area contributed by atoms with Crippen molar-refractivity contribution in [2.24, 2.45) is 17.8 Å². The predicted molar refractivity (Wildman–Crippen MR) is 72.3 cm³/mol. The van der Waals surface area contributed by atoms with Gasteiger partial charge in [-0.2, -0.15) is 0 Å². The fourth-order valence-corrected chi connectivity index (χ4v) is 3.42. The van der Waals surface area contributed by atoms with Crippen molar-refractivity contribution in [1.29, 1.82) is 0 Å². The molecule has 0 radical (unpaired) electrons. The Labute approximate surface area is 115 Å². The number of nitrogens with zero attached hydrogens (tertiary/aromatic N) is 1. The molecular formula is C15H14N2O3. The summed E-state index contributed by atoms with van der Waals surface area (Å²) in [5, 5.41) is 10.1. The number of carboxylic acids is 1. The first-order valence-corrected chi connectivity index (χ1v) is 6.74. The van der Waals surface area contributed by atoms with Crippen LogP contribution in [0.3, 0.4) is 0 Å². The zero-order valence-electron chi connectivity index (χ0n) is 10.7. The zero-order chi connectivity index (χ0) is 13.9. The third-order valence-corrected chi connectivity index (χ3v) is 4.57. The molecule has 2 aromatic rings. The summed E-state index contributed by atoms with van der Waals surface area (Å²) in [7, 11) is 0. The lowest BCUT2D eigenvalue weighted by molar-refractivity contribution is -0.139. The largest absolute Gasteiger partial charge is 0.481 e. The Hall–Kier alpha value is -2.30. The molecule has 4 rings (SSSR count). The smallest absolute Gasteiger partial charge is 0.307 e. The van der Waals surface area contributed by atoms with Gasteiger partial charge in [-0.1, -0.05) is 6.07 Å². The van der Waals surface area contributed by atoms with Crippen LogP contribution < -0.4 is 0 Å². The SMILES string of the molecule is O=C(O)C1[C@H]2CN(C(=O)c3ccc4cc[nH]c4c3)C[C@@H]12. The molecule has 102 valence electrons. The summed E-state index contributed by atoms with van der Waals surface area (Å²) in [4.78, 5) is 28.2. The molecule has 1 aromatic carbocycles. The number of amides is 1. The van der Waals surface area contributed by atoms with Gasteiger partial charge in [0.15, 0.2) is 0 Å². The molecule has 2 N–H and O–H groups in total. The van der Waals surface area contributed by atoms with Gasteiger partial charge in [0.05, 0.1) is 5.92 Å². The van der Waals surface area contributed by atoms with Crippen LogP contribution in [0, 0.1) is 17.8 Å². The number of aromatic amines is 1. The van der Waals surface area contributed by atoms with Crippen molar-refractivity contribution >= 4 is 22.8 Å². The molecule has 2 heterocycles. The van der Waals surface area contributed by atoms with E-state index >= 15 is 0 Å². The Morgan fingerprint density at radius 3 is 2.65 bits per heavy atom. The van der Waals surface area contributed by atoms with Crippen molar-refractivity contribution in [3.05, 3.63) is 36.0 Å². The van der Waals surface area contributed by atoms with Gasteiger partial charge in [0.1, 0.15) is 0 Å². The van der Waals surface area contributed by atoms with Crippen LogP contribution in [0.1, 0.15) is 10.4 Å². The van der Waals surface area contributed by atoms with E-state index in [0.29, 0.717) is 18.7 Å². The molecule has 1 aliphatic heterocycles. The maximum Gasteiger partial charge on any atom is 0.307 e. The molecular weight excluding hydrogens is 256 g/mol. The molecule has 5 heteroatoms. The number of likely N-dealkylation sites (tertiary alicyclic amines) is 1. The summed E-state index contributed by atoms with van der Waals surface area (Å²) in [6.45, 7) is 1.15. The van der Waals surface area contributed by atoms with E-state index in [0.717, 1.165) is 10.9 Å². The minimum absolute atomic E-state index is 0.00200. The first kappa shape index (κ1) is 11.5. The summed E-state index contributed by atoms with van der Waals surface area (Å²) in [6.07, 6.45) is 1.85. The van der Waals surface area contributed by atoms with Crippen molar-refractivity contribution in [3.8, 4) is 0 Å². The number of fused-ring (bicyclic) bond motifs is 2. The molecule has 1 aliphatic carbocycles. The van der Waals surface area contributed by atoms with E-state index in [9.17, 15) is 9.59 Å². The average molecular weight is 270 g/mol. The molecule has 3 atom stereocenters. The number of hydrogen-bond donors (Lipinski definition) is 2. The van der Waals surface area contributed by atoms with Crippen LogP contribution in [0.2, 0.25) is 0 Å². The molecule has 1 unspecified atom stereocenters. The highest BCUT2D eigenvalue weighted by molar-refractivity contribution is 5.98. The molecule has 1 aromatic heterocycles. The number of carbonyl (C=O) groups excluding carboxylic acids is 1. The predicted octanol–water partition coefficient (Wildman–Crippen LogP) is 1.57. The molecule has 2 fully saturated rings. The number of carboxylic acid groups (broad SMARTS) is 1. The Kier molecular flexibility index (Phi) is 2.22. The lowest BCUT2D eigenvalue weighted by Crippen LogP contribution is -2.32. The van der Waals surface area contributed by atoms with Gasteiger partial charge < -0.3 is 15.0 Å². The van der Waals surface area contributed by atoms with Crippen LogP contribution in [-0.2, 0) is 4.79 Å².